The van der Waals surface area contributed by atoms with Crippen molar-refractivity contribution in [3.63, 3.8) is 0 Å². The summed E-state index contributed by atoms with van der Waals surface area (Å²) >= 11 is 7.67. The van der Waals surface area contributed by atoms with Gasteiger partial charge in [-0.15, -0.1) is 11.8 Å². The van der Waals surface area contributed by atoms with Gasteiger partial charge in [0.2, 0.25) is 0 Å². The van der Waals surface area contributed by atoms with Crippen molar-refractivity contribution in [3.8, 4) is 0 Å². The molecule has 112 valence electrons. The van der Waals surface area contributed by atoms with E-state index in [1.54, 1.807) is 17.8 Å². The molecule has 2 N–H and O–H groups in total. The number of thioether (sulfide) groups is 1. The standard InChI is InChI=1S/C15H18ClN3OS/c1-10-11(9-18-19-10)4-3-7-17-15(20)13-8-12(21-2)5-6-14(13)16/h5-6,8-9H,3-4,7H2,1-2H3,(H,17,20)(H,18,19). The summed E-state index contributed by atoms with van der Waals surface area (Å²) in [5.41, 5.74) is 2.80. The SMILES string of the molecule is CSc1ccc(Cl)c(C(=O)NCCCc2cn[nH]c2C)c1. The van der Waals surface area contributed by atoms with E-state index in [0.29, 0.717) is 17.1 Å². The molecule has 0 fully saturated rings. The molecule has 21 heavy (non-hydrogen) atoms. The van der Waals surface area contributed by atoms with Crippen LogP contribution in [-0.4, -0.2) is 28.9 Å². The maximum Gasteiger partial charge on any atom is 0.252 e. The highest BCUT2D eigenvalue weighted by atomic mass is 35.5. The number of nitrogens with zero attached hydrogens (tertiary/aromatic N) is 1. The molecule has 6 heteroatoms. The van der Waals surface area contributed by atoms with E-state index in [1.807, 2.05) is 31.5 Å². The first-order valence-electron chi connectivity index (χ1n) is 6.72. The Hall–Kier alpha value is -1.46. The Morgan fingerprint density at radius 1 is 1.48 bits per heavy atom. The van der Waals surface area contributed by atoms with Crippen molar-refractivity contribution in [1.29, 1.82) is 0 Å². The minimum absolute atomic E-state index is 0.125. The quantitative estimate of drug-likeness (QED) is 0.632. The lowest BCUT2D eigenvalue weighted by Gasteiger charge is -2.08. The first kappa shape index (κ1) is 15.9. The van der Waals surface area contributed by atoms with Crippen LogP contribution in [0.3, 0.4) is 0 Å². The highest BCUT2D eigenvalue weighted by Crippen LogP contribution is 2.22. The maximum atomic E-state index is 12.1. The molecular weight excluding hydrogens is 306 g/mol. The lowest BCUT2D eigenvalue weighted by atomic mass is 10.1. The van der Waals surface area contributed by atoms with Gasteiger partial charge in [-0.2, -0.15) is 5.10 Å². The molecule has 0 aliphatic rings. The number of H-pyrrole nitrogens is 1. The lowest BCUT2D eigenvalue weighted by molar-refractivity contribution is 0.0953. The number of rotatable bonds is 6. The molecule has 0 saturated heterocycles. The summed E-state index contributed by atoms with van der Waals surface area (Å²) in [4.78, 5) is 13.2. The summed E-state index contributed by atoms with van der Waals surface area (Å²) in [5, 5.41) is 10.3. The molecule has 0 bridgehead atoms. The van der Waals surface area contributed by atoms with Crippen LogP contribution >= 0.6 is 23.4 Å². The van der Waals surface area contributed by atoms with Crippen molar-refractivity contribution in [3.05, 3.63) is 46.2 Å². The van der Waals surface area contributed by atoms with E-state index in [2.05, 4.69) is 15.5 Å². The van der Waals surface area contributed by atoms with Crippen LogP contribution in [-0.2, 0) is 6.42 Å². The lowest BCUT2D eigenvalue weighted by Crippen LogP contribution is -2.25. The molecule has 2 aromatic rings. The molecule has 0 aliphatic heterocycles. The molecule has 1 aromatic heterocycles. The van der Waals surface area contributed by atoms with Crippen LogP contribution in [0.1, 0.15) is 28.0 Å². The Morgan fingerprint density at radius 2 is 2.29 bits per heavy atom. The number of nitrogens with one attached hydrogen (secondary N) is 2. The highest BCUT2D eigenvalue weighted by Gasteiger charge is 2.10. The molecule has 1 heterocycles. The van der Waals surface area contributed by atoms with E-state index in [-0.39, 0.29) is 5.91 Å². The van der Waals surface area contributed by atoms with Gasteiger partial charge >= 0.3 is 0 Å². The van der Waals surface area contributed by atoms with Gasteiger partial charge in [0.25, 0.3) is 5.91 Å². The van der Waals surface area contributed by atoms with Crippen LogP contribution < -0.4 is 5.32 Å². The number of hydrogen-bond acceptors (Lipinski definition) is 3. The summed E-state index contributed by atoms with van der Waals surface area (Å²) in [6.07, 6.45) is 5.56. The Labute approximate surface area is 133 Å². The molecule has 0 aliphatic carbocycles. The monoisotopic (exact) mass is 323 g/mol. The van der Waals surface area contributed by atoms with Crippen molar-refractivity contribution < 1.29 is 4.79 Å². The number of aryl methyl sites for hydroxylation is 2. The van der Waals surface area contributed by atoms with Crippen LogP contribution in [0.5, 0.6) is 0 Å². The maximum absolute atomic E-state index is 12.1. The van der Waals surface area contributed by atoms with Crippen LogP contribution in [0.4, 0.5) is 0 Å². The number of aromatic amines is 1. The van der Waals surface area contributed by atoms with Crippen molar-refractivity contribution in [1.82, 2.24) is 15.5 Å². The van der Waals surface area contributed by atoms with E-state index in [4.69, 9.17) is 11.6 Å². The number of carbonyl (C=O) groups excluding carboxylic acids is 1. The molecular formula is C15H18ClN3OS. The van der Waals surface area contributed by atoms with Gasteiger partial charge in [0, 0.05) is 17.1 Å². The molecule has 0 unspecified atom stereocenters. The topological polar surface area (TPSA) is 57.8 Å². The van der Waals surface area contributed by atoms with E-state index in [0.717, 1.165) is 23.4 Å². The van der Waals surface area contributed by atoms with Gasteiger partial charge in [0.15, 0.2) is 0 Å². The summed E-state index contributed by atoms with van der Waals surface area (Å²) < 4.78 is 0. The fraction of sp³-hybridized carbons (Fsp3) is 0.333. The predicted octanol–water partition coefficient (Wildman–Crippen LogP) is 3.46. The molecule has 0 spiro atoms. The Morgan fingerprint density at radius 3 is 2.95 bits per heavy atom. The van der Waals surface area contributed by atoms with Gasteiger partial charge in [-0.25, -0.2) is 0 Å². The Bertz CT molecular complexity index is 627. The van der Waals surface area contributed by atoms with Gasteiger partial charge in [-0.3, -0.25) is 9.89 Å². The van der Waals surface area contributed by atoms with Gasteiger partial charge < -0.3 is 5.32 Å². The van der Waals surface area contributed by atoms with Crippen molar-refractivity contribution >= 4 is 29.3 Å². The fourth-order valence-corrected chi connectivity index (χ4v) is 2.65. The predicted molar refractivity (Wildman–Crippen MR) is 87.2 cm³/mol. The molecule has 0 saturated carbocycles. The highest BCUT2D eigenvalue weighted by molar-refractivity contribution is 7.98. The first-order chi connectivity index (χ1) is 10.1. The number of amides is 1. The number of halogens is 1. The second kappa shape index (κ2) is 7.52. The second-order valence-corrected chi connectivity index (χ2v) is 6.01. The largest absolute Gasteiger partial charge is 0.352 e. The zero-order valence-electron chi connectivity index (χ0n) is 12.1. The van der Waals surface area contributed by atoms with E-state index in [1.165, 1.54) is 5.56 Å². The minimum Gasteiger partial charge on any atom is -0.352 e. The average Bonchev–Trinajstić information content (AvgIpc) is 2.89. The number of hydrogen-bond donors (Lipinski definition) is 2. The second-order valence-electron chi connectivity index (χ2n) is 4.73. The molecule has 2 rings (SSSR count). The molecule has 1 amide bonds. The average molecular weight is 324 g/mol. The molecule has 0 radical (unpaired) electrons. The number of benzene rings is 1. The number of carbonyl (C=O) groups is 1. The van der Waals surface area contributed by atoms with Gasteiger partial charge in [-0.05, 0) is 49.8 Å². The van der Waals surface area contributed by atoms with E-state index < -0.39 is 0 Å². The van der Waals surface area contributed by atoms with Gasteiger partial charge in [0.05, 0.1) is 16.8 Å². The molecule has 1 aromatic carbocycles. The smallest absolute Gasteiger partial charge is 0.252 e. The summed E-state index contributed by atoms with van der Waals surface area (Å²) in [6.45, 7) is 2.61. The van der Waals surface area contributed by atoms with E-state index >= 15 is 0 Å². The zero-order chi connectivity index (χ0) is 15.2. The normalized spacial score (nSPS) is 10.6. The third-order valence-corrected chi connectivity index (χ3v) is 4.32. The first-order valence-corrected chi connectivity index (χ1v) is 8.32. The van der Waals surface area contributed by atoms with Crippen molar-refractivity contribution in [2.75, 3.05) is 12.8 Å². The van der Waals surface area contributed by atoms with Crippen LogP contribution in [0, 0.1) is 6.92 Å². The minimum atomic E-state index is -0.125. The van der Waals surface area contributed by atoms with Gasteiger partial charge in [0.1, 0.15) is 0 Å². The molecule has 4 nitrogen and oxygen atoms in total. The third-order valence-electron chi connectivity index (χ3n) is 3.26. The Balaban J connectivity index is 1.86. The third kappa shape index (κ3) is 4.25. The van der Waals surface area contributed by atoms with Crippen LogP contribution in [0.25, 0.3) is 0 Å². The number of aromatic nitrogens is 2. The summed E-state index contributed by atoms with van der Waals surface area (Å²) in [6, 6.07) is 5.49. The van der Waals surface area contributed by atoms with Gasteiger partial charge in [-0.1, -0.05) is 11.6 Å². The van der Waals surface area contributed by atoms with Crippen molar-refractivity contribution in [2.45, 2.75) is 24.7 Å². The fourth-order valence-electron chi connectivity index (χ4n) is 2.01. The van der Waals surface area contributed by atoms with Crippen LogP contribution in [0.15, 0.2) is 29.3 Å². The van der Waals surface area contributed by atoms with E-state index in [9.17, 15) is 4.79 Å². The van der Waals surface area contributed by atoms with Crippen LogP contribution in [0.2, 0.25) is 5.02 Å². The summed E-state index contributed by atoms with van der Waals surface area (Å²) in [7, 11) is 0. The zero-order valence-corrected chi connectivity index (χ0v) is 13.6. The van der Waals surface area contributed by atoms with Crippen molar-refractivity contribution in [2.24, 2.45) is 0 Å². The molecule has 0 atom stereocenters. The Kier molecular flexibility index (Phi) is 5.70. The summed E-state index contributed by atoms with van der Waals surface area (Å²) in [5.74, 6) is -0.125.